The van der Waals surface area contributed by atoms with Gasteiger partial charge in [0, 0.05) is 24.4 Å². The van der Waals surface area contributed by atoms with Crippen molar-refractivity contribution < 1.29 is 4.74 Å². The monoisotopic (exact) mass is 291 g/mol. The molecule has 1 saturated heterocycles. The summed E-state index contributed by atoms with van der Waals surface area (Å²) >= 11 is 1.78. The molecule has 2 aromatic heterocycles. The zero-order valence-electron chi connectivity index (χ0n) is 12.1. The first-order chi connectivity index (χ1) is 9.80. The van der Waals surface area contributed by atoms with E-state index in [9.17, 15) is 0 Å². The average Bonchev–Trinajstić information content (AvgIpc) is 3.12. The maximum Gasteiger partial charge on any atom is 0.138 e. The minimum Gasteiger partial charge on any atom is -0.376 e. The van der Waals surface area contributed by atoms with E-state index in [1.165, 1.54) is 11.3 Å². The number of nitrogens with one attached hydrogen (secondary N) is 1. The van der Waals surface area contributed by atoms with Gasteiger partial charge < -0.3 is 10.1 Å². The number of rotatable bonds is 5. The van der Waals surface area contributed by atoms with Gasteiger partial charge >= 0.3 is 0 Å². The number of aromatic nitrogens is 2. The van der Waals surface area contributed by atoms with Gasteiger partial charge in [0.05, 0.1) is 11.5 Å². The van der Waals surface area contributed by atoms with Crippen molar-refractivity contribution in [1.29, 1.82) is 0 Å². The van der Waals surface area contributed by atoms with Gasteiger partial charge in [-0.1, -0.05) is 13.8 Å². The molecule has 1 fully saturated rings. The minimum atomic E-state index is 0.328. The van der Waals surface area contributed by atoms with Crippen LogP contribution in [0.3, 0.4) is 0 Å². The van der Waals surface area contributed by atoms with Crippen LogP contribution in [0.4, 0.5) is 5.82 Å². The van der Waals surface area contributed by atoms with E-state index in [0.29, 0.717) is 6.10 Å². The first kappa shape index (κ1) is 13.8. The van der Waals surface area contributed by atoms with Crippen LogP contribution in [0.15, 0.2) is 6.07 Å². The number of hydrogen-bond acceptors (Lipinski definition) is 5. The van der Waals surface area contributed by atoms with Crippen molar-refractivity contribution in [2.45, 2.75) is 45.6 Å². The fourth-order valence-electron chi connectivity index (χ4n) is 2.50. The van der Waals surface area contributed by atoms with Crippen molar-refractivity contribution in [2.24, 2.45) is 0 Å². The first-order valence-electron chi connectivity index (χ1n) is 7.45. The lowest BCUT2D eigenvalue weighted by atomic mass is 10.2. The first-order valence-corrected chi connectivity index (χ1v) is 8.26. The number of anilines is 1. The van der Waals surface area contributed by atoms with Gasteiger partial charge in [-0.3, -0.25) is 0 Å². The third kappa shape index (κ3) is 2.79. The molecule has 108 valence electrons. The Morgan fingerprint density at radius 3 is 2.95 bits per heavy atom. The lowest BCUT2D eigenvalue weighted by molar-refractivity contribution is 0.120. The quantitative estimate of drug-likeness (QED) is 0.917. The minimum absolute atomic E-state index is 0.328. The third-order valence-electron chi connectivity index (χ3n) is 3.68. The molecule has 0 aromatic carbocycles. The maximum atomic E-state index is 5.67. The molecule has 20 heavy (non-hydrogen) atoms. The molecule has 0 bridgehead atoms. The molecule has 1 N–H and O–H groups in total. The molecule has 0 saturated carbocycles. The zero-order chi connectivity index (χ0) is 13.9. The molecule has 0 unspecified atom stereocenters. The molecule has 0 spiro atoms. The Hall–Kier alpha value is -1.20. The second-order valence-corrected chi connectivity index (χ2v) is 6.26. The summed E-state index contributed by atoms with van der Waals surface area (Å²) in [5.74, 6) is 1.88. The zero-order valence-corrected chi connectivity index (χ0v) is 12.9. The highest BCUT2D eigenvalue weighted by Crippen LogP contribution is 2.29. The van der Waals surface area contributed by atoms with Gasteiger partial charge in [-0.15, -0.1) is 11.3 Å². The van der Waals surface area contributed by atoms with Crippen molar-refractivity contribution in [1.82, 2.24) is 9.97 Å². The number of fused-ring (bicyclic) bond motifs is 1. The average molecular weight is 291 g/mol. The van der Waals surface area contributed by atoms with E-state index in [2.05, 4.69) is 35.2 Å². The number of aryl methyl sites for hydroxylation is 2. The smallest absolute Gasteiger partial charge is 0.138 e. The van der Waals surface area contributed by atoms with Gasteiger partial charge in [-0.2, -0.15) is 0 Å². The van der Waals surface area contributed by atoms with Crippen LogP contribution in [-0.4, -0.2) is 29.2 Å². The van der Waals surface area contributed by atoms with Crippen LogP contribution >= 0.6 is 11.3 Å². The van der Waals surface area contributed by atoms with E-state index < -0.39 is 0 Å². The molecule has 0 aliphatic carbocycles. The van der Waals surface area contributed by atoms with Crippen molar-refractivity contribution in [3.05, 3.63) is 16.8 Å². The topological polar surface area (TPSA) is 47.0 Å². The van der Waals surface area contributed by atoms with Gasteiger partial charge in [0.15, 0.2) is 0 Å². The van der Waals surface area contributed by atoms with Crippen molar-refractivity contribution in [2.75, 3.05) is 18.5 Å². The van der Waals surface area contributed by atoms with Crippen molar-refractivity contribution in [3.8, 4) is 0 Å². The molecule has 4 nitrogen and oxygen atoms in total. The van der Waals surface area contributed by atoms with Crippen LogP contribution in [0.5, 0.6) is 0 Å². The van der Waals surface area contributed by atoms with Crippen LogP contribution < -0.4 is 5.32 Å². The van der Waals surface area contributed by atoms with E-state index in [4.69, 9.17) is 4.74 Å². The highest BCUT2D eigenvalue weighted by molar-refractivity contribution is 7.18. The summed E-state index contributed by atoms with van der Waals surface area (Å²) in [6.45, 7) is 6.01. The van der Waals surface area contributed by atoms with Gasteiger partial charge in [0.1, 0.15) is 16.5 Å². The normalized spacial score (nSPS) is 18.8. The van der Waals surface area contributed by atoms with Crippen LogP contribution in [0.2, 0.25) is 0 Å². The molecule has 1 aliphatic heterocycles. The fraction of sp³-hybridized carbons (Fsp3) is 0.600. The predicted octanol–water partition coefficient (Wildman–Crippen LogP) is 3.41. The van der Waals surface area contributed by atoms with Crippen LogP contribution in [0.1, 0.15) is 37.4 Å². The molecule has 0 amide bonds. The van der Waals surface area contributed by atoms with E-state index >= 15 is 0 Å². The van der Waals surface area contributed by atoms with Gasteiger partial charge in [-0.05, 0) is 25.3 Å². The summed E-state index contributed by atoms with van der Waals surface area (Å²) in [4.78, 5) is 11.8. The van der Waals surface area contributed by atoms with Crippen molar-refractivity contribution >= 4 is 27.4 Å². The molecule has 3 heterocycles. The van der Waals surface area contributed by atoms with E-state index in [1.54, 1.807) is 11.3 Å². The van der Waals surface area contributed by atoms with E-state index in [1.807, 2.05) is 0 Å². The van der Waals surface area contributed by atoms with E-state index in [0.717, 1.165) is 54.3 Å². The second-order valence-electron chi connectivity index (χ2n) is 5.14. The Bertz CT molecular complexity index is 590. The summed E-state index contributed by atoms with van der Waals surface area (Å²) in [7, 11) is 0. The molecule has 0 radical (unpaired) electrons. The highest BCUT2D eigenvalue weighted by atomic mass is 32.1. The molecular formula is C15H21N3OS. The van der Waals surface area contributed by atoms with Gasteiger partial charge in [0.25, 0.3) is 0 Å². The lowest BCUT2D eigenvalue weighted by Gasteiger charge is -2.12. The molecular weight excluding hydrogens is 270 g/mol. The fourth-order valence-corrected chi connectivity index (χ4v) is 3.48. The van der Waals surface area contributed by atoms with Crippen molar-refractivity contribution in [3.63, 3.8) is 0 Å². The lowest BCUT2D eigenvalue weighted by Crippen LogP contribution is -2.19. The van der Waals surface area contributed by atoms with Gasteiger partial charge in [0.2, 0.25) is 0 Å². The maximum absolute atomic E-state index is 5.67. The number of thiophene rings is 1. The summed E-state index contributed by atoms with van der Waals surface area (Å²) in [6.07, 6.45) is 4.56. The number of hydrogen-bond donors (Lipinski definition) is 1. The van der Waals surface area contributed by atoms with Gasteiger partial charge in [-0.25, -0.2) is 9.97 Å². The second kappa shape index (κ2) is 6.06. The summed E-state index contributed by atoms with van der Waals surface area (Å²) in [5, 5.41) is 4.63. The molecule has 3 rings (SSSR count). The summed E-state index contributed by atoms with van der Waals surface area (Å²) in [6, 6.07) is 2.22. The SMILES string of the molecule is CCc1nc(NC[C@H]2CCCO2)c2cc(CC)sc2n1. The number of nitrogens with zero attached hydrogens (tertiary/aromatic N) is 2. The Labute approximate surface area is 123 Å². The molecule has 1 aliphatic rings. The Morgan fingerprint density at radius 2 is 2.25 bits per heavy atom. The largest absolute Gasteiger partial charge is 0.376 e. The Kier molecular flexibility index (Phi) is 4.17. The third-order valence-corrected chi connectivity index (χ3v) is 4.85. The van der Waals surface area contributed by atoms with Crippen LogP contribution in [-0.2, 0) is 17.6 Å². The standard InChI is InChI=1S/C15H21N3OS/c1-3-11-8-12-14(16-9-10-6-5-7-19-10)17-13(4-2)18-15(12)20-11/h8,10H,3-7,9H2,1-2H3,(H,16,17,18)/t10-/m1/s1. The van der Waals surface area contributed by atoms with E-state index in [-0.39, 0.29) is 0 Å². The van der Waals surface area contributed by atoms with Crippen LogP contribution in [0.25, 0.3) is 10.2 Å². The summed E-state index contributed by atoms with van der Waals surface area (Å²) in [5.41, 5.74) is 0. The highest BCUT2D eigenvalue weighted by Gasteiger charge is 2.17. The Balaban J connectivity index is 1.87. The number of ether oxygens (including phenoxy) is 1. The Morgan fingerprint density at radius 1 is 1.35 bits per heavy atom. The molecule has 5 heteroatoms. The summed E-state index contributed by atoms with van der Waals surface area (Å²) < 4.78 is 5.67. The predicted molar refractivity (Wildman–Crippen MR) is 83.6 cm³/mol. The van der Waals surface area contributed by atoms with Crippen LogP contribution in [0, 0.1) is 0 Å². The molecule has 2 aromatic rings. The molecule has 1 atom stereocenters.